The zero-order valence-electron chi connectivity index (χ0n) is 15.3. The molecule has 0 bridgehead atoms. The van der Waals surface area contributed by atoms with Crippen LogP contribution in [0.4, 0.5) is 0 Å². The lowest BCUT2D eigenvalue weighted by atomic mass is 9.93. The molecule has 0 aliphatic carbocycles. The van der Waals surface area contributed by atoms with E-state index in [-0.39, 0.29) is 13.2 Å². The summed E-state index contributed by atoms with van der Waals surface area (Å²) in [4.78, 5) is 24.4. The van der Waals surface area contributed by atoms with Crippen molar-refractivity contribution < 1.29 is 23.8 Å². The van der Waals surface area contributed by atoms with Gasteiger partial charge in [-0.3, -0.25) is 9.59 Å². The molecule has 0 rings (SSSR count). The SMILES string of the molecule is C=C(C)COCC(C)(C)C(=O)OC(=O)C(C)(C)COCC(=C)C. The van der Waals surface area contributed by atoms with Crippen molar-refractivity contribution in [3.8, 4) is 0 Å². The molecule has 0 atom stereocenters. The molecule has 0 radical (unpaired) electrons. The molecule has 0 spiro atoms. The van der Waals surface area contributed by atoms with Gasteiger partial charge < -0.3 is 14.2 Å². The molecule has 0 fully saturated rings. The Bertz CT molecular complexity index is 418. The molecule has 0 heterocycles. The zero-order chi connectivity index (χ0) is 18.3. The molecule has 0 saturated heterocycles. The topological polar surface area (TPSA) is 61.8 Å². The van der Waals surface area contributed by atoms with Gasteiger partial charge in [0.25, 0.3) is 0 Å². The van der Waals surface area contributed by atoms with Gasteiger partial charge in [0.15, 0.2) is 0 Å². The van der Waals surface area contributed by atoms with Crippen molar-refractivity contribution in [3.63, 3.8) is 0 Å². The molecule has 132 valence electrons. The maximum atomic E-state index is 12.2. The van der Waals surface area contributed by atoms with Crippen LogP contribution < -0.4 is 0 Å². The van der Waals surface area contributed by atoms with Gasteiger partial charge in [-0.1, -0.05) is 24.3 Å². The van der Waals surface area contributed by atoms with Crippen molar-refractivity contribution >= 4 is 11.9 Å². The first-order chi connectivity index (χ1) is 10.4. The van der Waals surface area contributed by atoms with Crippen LogP contribution in [0.2, 0.25) is 0 Å². The van der Waals surface area contributed by atoms with E-state index in [9.17, 15) is 9.59 Å². The number of ether oxygens (including phenoxy) is 3. The number of carbonyl (C=O) groups excluding carboxylic acids is 2. The highest BCUT2D eigenvalue weighted by Gasteiger charge is 2.37. The normalized spacial score (nSPS) is 11.9. The van der Waals surface area contributed by atoms with Crippen LogP contribution in [0.15, 0.2) is 24.3 Å². The fraction of sp³-hybridized carbons (Fsp3) is 0.667. The van der Waals surface area contributed by atoms with Crippen molar-refractivity contribution in [2.75, 3.05) is 26.4 Å². The number of esters is 2. The fourth-order valence-corrected chi connectivity index (χ4v) is 1.44. The van der Waals surface area contributed by atoms with Crippen molar-refractivity contribution in [1.82, 2.24) is 0 Å². The molecule has 5 heteroatoms. The summed E-state index contributed by atoms with van der Waals surface area (Å²) >= 11 is 0. The highest BCUT2D eigenvalue weighted by molar-refractivity contribution is 5.91. The van der Waals surface area contributed by atoms with Crippen LogP contribution in [-0.2, 0) is 23.8 Å². The van der Waals surface area contributed by atoms with E-state index in [2.05, 4.69) is 13.2 Å². The number of carbonyl (C=O) groups is 2. The van der Waals surface area contributed by atoms with E-state index in [1.54, 1.807) is 27.7 Å². The van der Waals surface area contributed by atoms with Crippen LogP contribution in [0.5, 0.6) is 0 Å². The number of rotatable bonds is 10. The maximum absolute atomic E-state index is 12.2. The third-order valence-corrected chi connectivity index (χ3v) is 2.91. The minimum absolute atomic E-state index is 0.151. The van der Waals surface area contributed by atoms with Crippen molar-refractivity contribution in [2.24, 2.45) is 10.8 Å². The first-order valence-electron chi connectivity index (χ1n) is 7.59. The minimum atomic E-state index is -0.917. The Kier molecular flexibility index (Phi) is 8.42. The Morgan fingerprint density at radius 3 is 1.35 bits per heavy atom. The van der Waals surface area contributed by atoms with Crippen LogP contribution in [0, 0.1) is 10.8 Å². The van der Waals surface area contributed by atoms with E-state index >= 15 is 0 Å². The molecule has 5 nitrogen and oxygen atoms in total. The van der Waals surface area contributed by atoms with E-state index in [1.165, 1.54) is 0 Å². The van der Waals surface area contributed by atoms with Gasteiger partial charge in [-0.05, 0) is 41.5 Å². The van der Waals surface area contributed by atoms with Crippen LogP contribution >= 0.6 is 0 Å². The molecule has 0 saturated carbocycles. The van der Waals surface area contributed by atoms with Gasteiger partial charge in [0.1, 0.15) is 0 Å². The lowest BCUT2D eigenvalue weighted by Crippen LogP contribution is -2.39. The lowest BCUT2D eigenvalue weighted by Gasteiger charge is -2.26. The van der Waals surface area contributed by atoms with Crippen molar-refractivity contribution in [3.05, 3.63) is 24.3 Å². The predicted molar refractivity (Wildman–Crippen MR) is 89.9 cm³/mol. The molecule has 0 aromatic heterocycles. The molecule has 23 heavy (non-hydrogen) atoms. The molecule has 0 amide bonds. The quantitative estimate of drug-likeness (QED) is 0.350. The maximum Gasteiger partial charge on any atom is 0.321 e. The molecule has 0 aromatic carbocycles. The average molecular weight is 326 g/mol. The summed E-state index contributed by atoms with van der Waals surface area (Å²) < 4.78 is 15.8. The lowest BCUT2D eigenvalue weighted by molar-refractivity contribution is -0.175. The van der Waals surface area contributed by atoms with Gasteiger partial charge in [-0.25, -0.2) is 0 Å². The third-order valence-electron chi connectivity index (χ3n) is 2.91. The van der Waals surface area contributed by atoms with Crippen LogP contribution in [-0.4, -0.2) is 38.4 Å². The van der Waals surface area contributed by atoms with Crippen LogP contribution in [0.25, 0.3) is 0 Å². The third kappa shape index (κ3) is 8.67. The second-order valence-electron chi connectivity index (χ2n) is 7.34. The van der Waals surface area contributed by atoms with Crippen molar-refractivity contribution in [2.45, 2.75) is 41.5 Å². The summed E-state index contributed by atoms with van der Waals surface area (Å²) in [6.45, 7) is 18.8. The minimum Gasteiger partial charge on any atom is -0.392 e. The largest absolute Gasteiger partial charge is 0.392 e. The van der Waals surface area contributed by atoms with Gasteiger partial charge in [0.05, 0.1) is 37.3 Å². The summed E-state index contributed by atoms with van der Waals surface area (Å²) in [5.41, 5.74) is -0.110. The van der Waals surface area contributed by atoms with E-state index in [4.69, 9.17) is 14.2 Å². The van der Waals surface area contributed by atoms with Crippen molar-refractivity contribution in [1.29, 1.82) is 0 Å². The Balaban J connectivity index is 4.52. The molecule has 0 aliphatic heterocycles. The van der Waals surface area contributed by atoms with Gasteiger partial charge in [-0.2, -0.15) is 0 Å². The number of hydrogen-bond donors (Lipinski definition) is 0. The second-order valence-corrected chi connectivity index (χ2v) is 7.34. The fourth-order valence-electron chi connectivity index (χ4n) is 1.44. The van der Waals surface area contributed by atoms with E-state index in [0.717, 1.165) is 11.1 Å². The van der Waals surface area contributed by atoms with Gasteiger partial charge in [0, 0.05) is 0 Å². The zero-order valence-corrected chi connectivity index (χ0v) is 15.3. The monoisotopic (exact) mass is 326 g/mol. The van der Waals surface area contributed by atoms with Gasteiger partial charge in [0.2, 0.25) is 0 Å². The van der Waals surface area contributed by atoms with Gasteiger partial charge >= 0.3 is 11.9 Å². The molecule has 0 aromatic rings. The van der Waals surface area contributed by atoms with E-state index in [0.29, 0.717) is 13.2 Å². The summed E-state index contributed by atoms with van der Waals surface area (Å²) in [6.07, 6.45) is 0. The molecule has 0 aliphatic rings. The van der Waals surface area contributed by atoms with Gasteiger partial charge in [-0.15, -0.1) is 0 Å². The molecular weight excluding hydrogens is 296 g/mol. The first-order valence-corrected chi connectivity index (χ1v) is 7.59. The highest BCUT2D eigenvalue weighted by atomic mass is 16.6. The second kappa shape index (κ2) is 8.99. The Hall–Kier alpha value is -1.46. The standard InChI is InChI=1S/C18H30O5/c1-13(2)9-21-11-17(5,6)15(19)23-16(20)18(7,8)12-22-10-14(3)4/h1,3,9-12H2,2,4-8H3. The average Bonchev–Trinajstić information content (AvgIpc) is 2.36. The molecule has 0 N–H and O–H groups in total. The Morgan fingerprint density at radius 2 is 1.09 bits per heavy atom. The Morgan fingerprint density at radius 1 is 0.783 bits per heavy atom. The van der Waals surface area contributed by atoms with Crippen LogP contribution in [0.3, 0.4) is 0 Å². The predicted octanol–water partition coefficient (Wildman–Crippen LogP) is 3.29. The summed E-state index contributed by atoms with van der Waals surface area (Å²) in [5, 5.41) is 0. The first kappa shape index (κ1) is 21.5. The van der Waals surface area contributed by atoms with E-state index in [1.807, 2.05) is 13.8 Å². The summed E-state index contributed by atoms with van der Waals surface area (Å²) in [7, 11) is 0. The molecule has 0 unspecified atom stereocenters. The summed E-state index contributed by atoms with van der Waals surface area (Å²) in [5.74, 6) is -1.23. The van der Waals surface area contributed by atoms with E-state index < -0.39 is 22.8 Å². The Labute approximate surface area is 139 Å². The smallest absolute Gasteiger partial charge is 0.321 e. The summed E-state index contributed by atoms with van der Waals surface area (Å²) in [6, 6.07) is 0. The van der Waals surface area contributed by atoms with Crippen LogP contribution in [0.1, 0.15) is 41.5 Å². The number of hydrogen-bond acceptors (Lipinski definition) is 5. The highest BCUT2D eigenvalue weighted by Crippen LogP contribution is 2.23. The molecular formula is C18H30O5.